The number of phenols is 1. The minimum atomic E-state index is -0.458. The summed E-state index contributed by atoms with van der Waals surface area (Å²) in [6.45, 7) is 6.91. The predicted molar refractivity (Wildman–Crippen MR) is 187 cm³/mol. The van der Waals surface area contributed by atoms with E-state index >= 15 is 0 Å². The Morgan fingerprint density at radius 2 is 1.21 bits per heavy atom. The molecule has 0 saturated carbocycles. The number of carbonyl (C=O) groups excluding carboxylic acids is 2. The van der Waals surface area contributed by atoms with Crippen LogP contribution in [0.2, 0.25) is 0 Å². The molecule has 0 saturated heterocycles. The van der Waals surface area contributed by atoms with Crippen LogP contribution in [0.3, 0.4) is 0 Å². The molecular formula is C37H54N2O3S. The van der Waals surface area contributed by atoms with Crippen LogP contribution in [0, 0.1) is 0 Å². The fourth-order valence-corrected chi connectivity index (χ4v) is 5.54. The van der Waals surface area contributed by atoms with Crippen molar-refractivity contribution in [1.82, 2.24) is 10.6 Å². The number of hydrogen-bond donors (Lipinski definition) is 3. The van der Waals surface area contributed by atoms with E-state index in [4.69, 9.17) is 0 Å². The molecule has 0 aliphatic carbocycles. The maximum Gasteiger partial charge on any atom is 0.255 e. The molecule has 236 valence electrons. The molecule has 0 atom stereocenters. The molecule has 43 heavy (non-hydrogen) atoms. The standard InChI is InChI=1S/C37H54N2O3S/c1-4-7-8-9-10-11-12-13-14-15-16-17-18-19-20-21-22-23-24-27-32-43-37(5-2,6-3)36(42)39-31-30-38-35(41)33-28-25-26-29-34(33)40/h7-8,10-11,13-14,16-17,19-20,22-23,25-26,28-29,40H,4-6,9,12,15,18,21,24,27,30-32H2,1-3H3,(H,38,41)(H,39,42)/b8-7-,11-10-,14-13-,17-16-,20-19-,23-22-. The van der Waals surface area contributed by atoms with E-state index in [2.05, 4.69) is 104 Å². The first kappa shape index (κ1) is 37.8. The van der Waals surface area contributed by atoms with E-state index in [0.29, 0.717) is 13.1 Å². The normalized spacial score (nSPS) is 12.6. The van der Waals surface area contributed by atoms with Gasteiger partial charge in [0.15, 0.2) is 0 Å². The van der Waals surface area contributed by atoms with Gasteiger partial charge in [-0.15, -0.1) is 11.8 Å². The number of thioether (sulfide) groups is 1. The van der Waals surface area contributed by atoms with Gasteiger partial charge in [0.05, 0.1) is 10.3 Å². The third kappa shape index (κ3) is 17.5. The highest BCUT2D eigenvalue weighted by Crippen LogP contribution is 2.33. The Balaban J connectivity index is 2.18. The second-order valence-corrected chi connectivity index (χ2v) is 11.6. The van der Waals surface area contributed by atoms with Crippen LogP contribution in [0.15, 0.2) is 97.2 Å². The summed E-state index contributed by atoms with van der Waals surface area (Å²) >= 11 is 1.73. The zero-order valence-electron chi connectivity index (χ0n) is 26.6. The molecule has 0 aliphatic heterocycles. The summed E-state index contributed by atoms with van der Waals surface area (Å²) in [5, 5.41) is 15.5. The van der Waals surface area contributed by atoms with Crippen LogP contribution in [0.1, 0.15) is 95.3 Å². The second-order valence-electron chi connectivity index (χ2n) is 10.1. The fourth-order valence-electron chi connectivity index (χ4n) is 4.22. The summed E-state index contributed by atoms with van der Waals surface area (Å²) in [5.74, 6) is 0.535. The second kappa shape index (κ2) is 25.3. The van der Waals surface area contributed by atoms with Crippen LogP contribution < -0.4 is 10.6 Å². The number of phenolic OH excluding ortho intramolecular Hbond substituents is 1. The van der Waals surface area contributed by atoms with Gasteiger partial charge in [-0.25, -0.2) is 0 Å². The van der Waals surface area contributed by atoms with Gasteiger partial charge in [0.2, 0.25) is 5.91 Å². The Morgan fingerprint density at radius 1 is 0.721 bits per heavy atom. The van der Waals surface area contributed by atoms with Gasteiger partial charge in [0.25, 0.3) is 5.91 Å². The lowest BCUT2D eigenvalue weighted by atomic mass is 10.0. The topological polar surface area (TPSA) is 78.4 Å². The van der Waals surface area contributed by atoms with Crippen molar-refractivity contribution in [1.29, 1.82) is 0 Å². The number of unbranched alkanes of at least 4 members (excludes halogenated alkanes) is 1. The van der Waals surface area contributed by atoms with Gasteiger partial charge in [0.1, 0.15) is 5.75 Å². The Bertz CT molecular complexity index is 1080. The number of amides is 2. The summed E-state index contributed by atoms with van der Waals surface area (Å²) < 4.78 is -0.458. The monoisotopic (exact) mass is 606 g/mol. The quantitative estimate of drug-likeness (QED) is 0.0858. The smallest absolute Gasteiger partial charge is 0.255 e. The van der Waals surface area contributed by atoms with Crippen LogP contribution in [-0.2, 0) is 4.79 Å². The van der Waals surface area contributed by atoms with E-state index in [1.165, 1.54) is 6.07 Å². The van der Waals surface area contributed by atoms with Crippen molar-refractivity contribution in [2.75, 3.05) is 18.8 Å². The highest BCUT2D eigenvalue weighted by Gasteiger charge is 2.34. The van der Waals surface area contributed by atoms with Gasteiger partial charge in [-0.3, -0.25) is 9.59 Å². The Morgan fingerprint density at radius 3 is 1.72 bits per heavy atom. The van der Waals surface area contributed by atoms with Gasteiger partial charge in [0, 0.05) is 13.1 Å². The van der Waals surface area contributed by atoms with Crippen LogP contribution >= 0.6 is 11.8 Å². The van der Waals surface area contributed by atoms with Crippen LogP contribution in [0.5, 0.6) is 5.75 Å². The van der Waals surface area contributed by atoms with Crippen LogP contribution in [-0.4, -0.2) is 40.5 Å². The van der Waals surface area contributed by atoms with Crippen LogP contribution in [0.4, 0.5) is 0 Å². The minimum absolute atomic E-state index is 0.0215. The molecule has 2 amide bonds. The van der Waals surface area contributed by atoms with Gasteiger partial charge in [-0.2, -0.15) is 0 Å². The van der Waals surface area contributed by atoms with E-state index in [1.807, 2.05) is 0 Å². The lowest BCUT2D eigenvalue weighted by molar-refractivity contribution is -0.123. The van der Waals surface area contributed by atoms with Crippen molar-refractivity contribution in [2.45, 2.75) is 89.7 Å². The summed E-state index contributed by atoms with van der Waals surface area (Å²) in [7, 11) is 0. The Hall–Kier alpha value is -3.25. The molecule has 0 bridgehead atoms. The summed E-state index contributed by atoms with van der Waals surface area (Å²) in [4.78, 5) is 25.2. The van der Waals surface area contributed by atoms with Crippen molar-refractivity contribution in [3.8, 4) is 5.75 Å². The molecule has 1 aromatic rings. The highest BCUT2D eigenvalue weighted by atomic mass is 32.2. The van der Waals surface area contributed by atoms with Crippen molar-refractivity contribution in [2.24, 2.45) is 0 Å². The van der Waals surface area contributed by atoms with E-state index in [1.54, 1.807) is 30.0 Å². The first-order valence-electron chi connectivity index (χ1n) is 15.9. The molecule has 6 heteroatoms. The molecule has 1 rings (SSSR count). The lowest BCUT2D eigenvalue weighted by Crippen LogP contribution is -2.46. The Labute approximate surface area is 265 Å². The van der Waals surface area contributed by atoms with E-state index in [9.17, 15) is 14.7 Å². The number of nitrogens with one attached hydrogen (secondary N) is 2. The largest absolute Gasteiger partial charge is 0.507 e. The molecule has 1 aromatic carbocycles. The average Bonchev–Trinajstić information content (AvgIpc) is 3.02. The maximum atomic E-state index is 13.0. The summed E-state index contributed by atoms with van der Waals surface area (Å²) in [6, 6.07) is 6.42. The number of allylic oxidation sites excluding steroid dienone is 12. The molecule has 0 aliphatic rings. The number of carbonyl (C=O) groups is 2. The highest BCUT2D eigenvalue weighted by molar-refractivity contribution is 8.01. The van der Waals surface area contributed by atoms with Gasteiger partial charge in [-0.05, 0) is 82.1 Å². The van der Waals surface area contributed by atoms with Crippen LogP contribution in [0.25, 0.3) is 0 Å². The molecule has 0 heterocycles. The third-order valence-electron chi connectivity index (χ3n) is 6.89. The average molecular weight is 607 g/mol. The first-order valence-corrected chi connectivity index (χ1v) is 16.9. The first-order chi connectivity index (χ1) is 21.0. The Kier molecular flexibility index (Phi) is 22.2. The van der Waals surface area contributed by atoms with E-state index in [0.717, 1.165) is 70.0 Å². The van der Waals surface area contributed by atoms with Crippen molar-refractivity contribution in [3.63, 3.8) is 0 Å². The zero-order chi connectivity index (χ0) is 31.4. The molecule has 0 spiro atoms. The van der Waals surface area contributed by atoms with E-state index < -0.39 is 4.75 Å². The predicted octanol–water partition coefficient (Wildman–Crippen LogP) is 9.01. The molecule has 0 radical (unpaired) electrons. The molecule has 3 N–H and O–H groups in total. The summed E-state index contributed by atoms with van der Waals surface area (Å²) in [5.41, 5.74) is 0.229. The third-order valence-corrected chi connectivity index (χ3v) is 8.70. The molecule has 0 unspecified atom stereocenters. The molecule has 5 nitrogen and oxygen atoms in total. The lowest BCUT2D eigenvalue weighted by Gasteiger charge is -2.29. The number of para-hydroxylation sites is 1. The SMILES string of the molecule is CC/C=C\C/C=C\C/C=C\C/C=C\C/C=C\C/C=C\CCCSC(CC)(CC)C(=O)NCCNC(=O)c1ccccc1O. The van der Waals surface area contributed by atoms with Crippen molar-refractivity contribution in [3.05, 3.63) is 103 Å². The van der Waals surface area contributed by atoms with Crippen molar-refractivity contribution >= 4 is 23.6 Å². The molecular weight excluding hydrogens is 552 g/mol. The van der Waals surface area contributed by atoms with Gasteiger partial charge < -0.3 is 15.7 Å². The number of rotatable bonds is 23. The maximum absolute atomic E-state index is 13.0. The number of aromatic hydroxyl groups is 1. The molecule has 0 aromatic heterocycles. The number of benzene rings is 1. The van der Waals surface area contributed by atoms with Crippen molar-refractivity contribution < 1.29 is 14.7 Å². The fraction of sp³-hybridized carbons (Fsp3) is 0.459. The minimum Gasteiger partial charge on any atom is -0.507 e. The van der Waals surface area contributed by atoms with Gasteiger partial charge in [-0.1, -0.05) is 106 Å². The number of hydrogen-bond acceptors (Lipinski definition) is 4. The zero-order valence-corrected chi connectivity index (χ0v) is 27.4. The summed E-state index contributed by atoms with van der Waals surface area (Å²) in [6.07, 6.45) is 36.1. The van der Waals surface area contributed by atoms with Gasteiger partial charge >= 0.3 is 0 Å². The van der Waals surface area contributed by atoms with E-state index in [-0.39, 0.29) is 23.1 Å². The molecule has 0 fully saturated rings.